The zero-order chi connectivity index (χ0) is 27.2. The van der Waals surface area contributed by atoms with Crippen LogP contribution >= 0.6 is 11.6 Å². The fourth-order valence-corrected chi connectivity index (χ4v) is 5.78. The summed E-state index contributed by atoms with van der Waals surface area (Å²) in [6.07, 6.45) is 3.46. The molecule has 1 aliphatic heterocycles. The first-order valence-corrected chi connectivity index (χ1v) is 13.1. The first-order valence-electron chi connectivity index (χ1n) is 12.7. The van der Waals surface area contributed by atoms with E-state index in [-0.39, 0.29) is 5.91 Å². The number of aromatic nitrogens is 1. The monoisotopic (exact) mass is 535 g/mol. The van der Waals surface area contributed by atoms with Crippen LogP contribution in [0.25, 0.3) is 11.1 Å². The average molecular weight is 536 g/mol. The number of nitrogens with zero attached hydrogens (tertiary/aromatic N) is 4. The van der Waals surface area contributed by atoms with Gasteiger partial charge in [0.1, 0.15) is 17.8 Å². The van der Waals surface area contributed by atoms with Crippen LogP contribution in [0.5, 0.6) is 5.75 Å². The van der Waals surface area contributed by atoms with Gasteiger partial charge in [0.05, 0.1) is 18.4 Å². The maximum absolute atomic E-state index is 13.4. The largest absolute Gasteiger partial charge is 0.495 e. The van der Waals surface area contributed by atoms with E-state index in [2.05, 4.69) is 15.3 Å². The van der Waals surface area contributed by atoms with Gasteiger partial charge < -0.3 is 25.0 Å². The molecule has 1 aromatic heterocycles. The Bertz CT molecular complexity index is 1350. The van der Waals surface area contributed by atoms with E-state index >= 15 is 0 Å². The summed E-state index contributed by atoms with van der Waals surface area (Å²) in [4.78, 5) is 17.5. The molecule has 2 aromatic carbocycles. The van der Waals surface area contributed by atoms with Crippen LogP contribution in [0.15, 0.2) is 59.8 Å². The molecule has 2 aliphatic rings. The predicted molar refractivity (Wildman–Crippen MR) is 152 cm³/mol. The summed E-state index contributed by atoms with van der Waals surface area (Å²) in [7, 11) is 5.38. The highest BCUT2D eigenvalue weighted by Gasteiger charge is 2.61. The first-order chi connectivity index (χ1) is 18.0. The van der Waals surface area contributed by atoms with E-state index in [0.717, 1.165) is 29.9 Å². The zero-order valence-electron chi connectivity index (χ0n) is 22.4. The fraction of sp³-hybridized carbons (Fsp3) is 0.379. The van der Waals surface area contributed by atoms with Gasteiger partial charge in [-0.1, -0.05) is 23.7 Å². The van der Waals surface area contributed by atoms with Crippen LogP contribution < -0.4 is 15.0 Å². The Morgan fingerprint density at radius 3 is 2.42 bits per heavy atom. The molecule has 8 nitrogen and oxygen atoms in total. The Labute approximate surface area is 228 Å². The second kappa shape index (κ2) is 10.0. The highest BCUT2D eigenvalue weighted by atomic mass is 35.5. The molecule has 2 heterocycles. The standard InChI is InChI=1S/C29H34ClN5O3/c1-29(2,37)27-22-15-34(16-23(22)27)24-11-10-21(13-26(24)38-5)32-28(36)25-12-19(14-35(25)31-17-33(3)4)18-6-8-20(30)9-7-18/h6-14,17,22-23,27,37H,15-16H2,1-5H3,(H,32,36)/b31-17+. The Morgan fingerprint density at radius 2 is 1.82 bits per heavy atom. The van der Waals surface area contributed by atoms with Crippen molar-refractivity contribution >= 4 is 35.2 Å². The Kier molecular flexibility index (Phi) is 6.88. The topological polar surface area (TPSA) is 82.3 Å². The van der Waals surface area contributed by atoms with Crippen LogP contribution in [-0.4, -0.2) is 66.8 Å². The zero-order valence-corrected chi connectivity index (χ0v) is 23.1. The van der Waals surface area contributed by atoms with E-state index in [1.807, 2.05) is 82.7 Å². The number of fused-ring (bicyclic) bond motifs is 1. The van der Waals surface area contributed by atoms with Gasteiger partial charge >= 0.3 is 0 Å². The molecule has 0 spiro atoms. The lowest BCUT2D eigenvalue weighted by Crippen LogP contribution is -2.32. The van der Waals surface area contributed by atoms with E-state index in [4.69, 9.17) is 16.3 Å². The number of halogens is 1. The molecule has 2 fully saturated rings. The van der Waals surface area contributed by atoms with E-state index in [9.17, 15) is 9.90 Å². The second-order valence-corrected chi connectivity index (χ2v) is 11.3. The summed E-state index contributed by atoms with van der Waals surface area (Å²) >= 11 is 6.05. The minimum atomic E-state index is -0.638. The third-order valence-electron chi connectivity index (χ3n) is 7.41. The van der Waals surface area contributed by atoms with Crippen LogP contribution in [0.4, 0.5) is 11.4 Å². The summed E-state index contributed by atoms with van der Waals surface area (Å²) in [6.45, 7) is 5.59. The Morgan fingerprint density at radius 1 is 1.13 bits per heavy atom. The lowest BCUT2D eigenvalue weighted by Gasteiger charge is -2.27. The summed E-state index contributed by atoms with van der Waals surface area (Å²) in [6, 6.07) is 15.0. The van der Waals surface area contributed by atoms with Crippen molar-refractivity contribution in [3.05, 3.63) is 65.4 Å². The van der Waals surface area contributed by atoms with Gasteiger partial charge in [-0.15, -0.1) is 0 Å². The van der Waals surface area contributed by atoms with E-state index < -0.39 is 5.60 Å². The SMILES string of the molecule is COc1cc(NC(=O)c2cc(-c3ccc(Cl)cc3)cn2/N=C/N(C)C)ccc1N1CC2C(C1)C2C(C)(C)O. The number of anilines is 2. The van der Waals surface area contributed by atoms with E-state index in [1.165, 1.54) is 0 Å². The normalized spacial score (nSPS) is 20.5. The molecular formula is C29H34ClN5O3. The smallest absolute Gasteiger partial charge is 0.274 e. The number of amides is 1. The van der Waals surface area contributed by atoms with Gasteiger partial charge in [-0.3, -0.25) is 4.79 Å². The third-order valence-corrected chi connectivity index (χ3v) is 7.66. The Hall–Kier alpha value is -3.49. The van der Waals surface area contributed by atoms with Crippen LogP contribution in [0.1, 0.15) is 24.3 Å². The Balaban J connectivity index is 1.35. The van der Waals surface area contributed by atoms with Crippen molar-refractivity contribution in [2.75, 3.05) is 44.5 Å². The number of nitrogens with one attached hydrogen (secondary N) is 1. The fourth-order valence-electron chi connectivity index (χ4n) is 5.66. The molecule has 3 aromatic rings. The van der Waals surface area contributed by atoms with E-state index in [1.54, 1.807) is 23.0 Å². The molecule has 1 saturated carbocycles. The van der Waals surface area contributed by atoms with Crippen molar-refractivity contribution in [3.8, 4) is 16.9 Å². The average Bonchev–Trinajstić information content (AvgIpc) is 3.19. The number of benzene rings is 2. The highest BCUT2D eigenvalue weighted by Crippen LogP contribution is 2.58. The highest BCUT2D eigenvalue weighted by molar-refractivity contribution is 6.30. The minimum Gasteiger partial charge on any atom is -0.495 e. The van der Waals surface area contributed by atoms with Crippen molar-refractivity contribution in [1.82, 2.24) is 9.58 Å². The third kappa shape index (κ3) is 5.24. The van der Waals surface area contributed by atoms with Gasteiger partial charge in [0.25, 0.3) is 5.91 Å². The maximum atomic E-state index is 13.4. The summed E-state index contributed by atoms with van der Waals surface area (Å²) < 4.78 is 7.27. The second-order valence-electron chi connectivity index (χ2n) is 10.9. The number of hydrogen-bond acceptors (Lipinski definition) is 5. The van der Waals surface area contributed by atoms with Gasteiger partial charge in [-0.05, 0) is 67.5 Å². The number of carbonyl (C=O) groups is 1. The van der Waals surface area contributed by atoms with E-state index in [0.29, 0.717) is 39.9 Å². The molecular weight excluding hydrogens is 502 g/mol. The van der Waals surface area contributed by atoms with Gasteiger partial charge in [0, 0.05) is 55.7 Å². The molecule has 1 saturated heterocycles. The molecule has 5 rings (SSSR count). The molecule has 2 atom stereocenters. The number of rotatable bonds is 8. The van der Waals surface area contributed by atoms with Crippen LogP contribution in [0.3, 0.4) is 0 Å². The van der Waals surface area contributed by atoms with Crippen molar-refractivity contribution in [2.24, 2.45) is 22.9 Å². The molecule has 2 unspecified atom stereocenters. The van der Waals surface area contributed by atoms with Crippen LogP contribution in [-0.2, 0) is 0 Å². The quantitative estimate of drug-likeness (QED) is 0.317. The number of methoxy groups -OCH3 is 1. The molecule has 1 amide bonds. The molecule has 1 aliphatic carbocycles. The number of hydrogen-bond donors (Lipinski definition) is 2. The van der Waals surface area contributed by atoms with Gasteiger partial charge in [0.2, 0.25) is 0 Å². The molecule has 9 heteroatoms. The van der Waals surface area contributed by atoms with Gasteiger partial charge in [0.15, 0.2) is 0 Å². The van der Waals surface area contributed by atoms with Gasteiger partial charge in [-0.2, -0.15) is 5.10 Å². The number of piperidine rings is 1. The lowest BCUT2D eigenvalue weighted by atomic mass is 9.99. The number of ether oxygens (including phenoxy) is 1. The van der Waals surface area contributed by atoms with Crippen molar-refractivity contribution in [3.63, 3.8) is 0 Å². The van der Waals surface area contributed by atoms with Gasteiger partial charge in [-0.25, -0.2) is 4.68 Å². The summed E-state index contributed by atoms with van der Waals surface area (Å²) in [5, 5.41) is 18.5. The molecule has 200 valence electrons. The molecule has 38 heavy (non-hydrogen) atoms. The predicted octanol–water partition coefficient (Wildman–Crippen LogP) is 4.88. The van der Waals surface area contributed by atoms with Crippen LogP contribution in [0.2, 0.25) is 5.02 Å². The van der Waals surface area contributed by atoms with Crippen molar-refractivity contribution in [2.45, 2.75) is 19.4 Å². The summed E-state index contributed by atoms with van der Waals surface area (Å²) in [5.74, 6) is 1.78. The van der Waals surface area contributed by atoms with Crippen molar-refractivity contribution in [1.29, 1.82) is 0 Å². The maximum Gasteiger partial charge on any atom is 0.274 e. The molecule has 0 radical (unpaired) electrons. The number of aliphatic hydroxyl groups is 1. The minimum absolute atomic E-state index is 0.286. The summed E-state index contributed by atoms with van der Waals surface area (Å²) in [5.41, 5.74) is 3.18. The molecule has 2 N–H and O–H groups in total. The molecule has 0 bridgehead atoms. The van der Waals surface area contributed by atoms with Crippen LogP contribution in [0, 0.1) is 17.8 Å². The lowest BCUT2D eigenvalue weighted by molar-refractivity contribution is 0.0452. The first kappa shape index (κ1) is 26.1. The van der Waals surface area contributed by atoms with Crippen molar-refractivity contribution < 1.29 is 14.6 Å². The number of carbonyl (C=O) groups excluding carboxylic acids is 1.